The summed E-state index contributed by atoms with van der Waals surface area (Å²) >= 11 is 0. The van der Waals surface area contributed by atoms with Crippen LogP contribution in [-0.4, -0.2) is 37.0 Å². The predicted molar refractivity (Wildman–Crippen MR) is 68.6 cm³/mol. The number of carbonyl (C=O) groups is 2. The van der Waals surface area contributed by atoms with Gasteiger partial charge in [-0.3, -0.25) is 9.59 Å². The van der Waals surface area contributed by atoms with Crippen molar-refractivity contribution in [1.82, 2.24) is 4.90 Å². The zero-order valence-corrected chi connectivity index (χ0v) is 11.5. The van der Waals surface area contributed by atoms with Gasteiger partial charge in [-0.15, -0.1) is 0 Å². The third-order valence-electron chi connectivity index (χ3n) is 3.75. The topological polar surface area (TPSA) is 59.8 Å². The molecule has 1 aromatic heterocycles. The van der Waals surface area contributed by atoms with Crippen LogP contribution < -0.4 is 0 Å². The summed E-state index contributed by atoms with van der Waals surface area (Å²) in [5.74, 6) is 0.0855. The van der Waals surface area contributed by atoms with Crippen LogP contribution in [-0.2, 0) is 9.53 Å². The molecule has 0 spiro atoms. The number of ether oxygens (including phenoxy) is 1. The lowest BCUT2D eigenvalue weighted by Gasteiger charge is -2.35. The first-order chi connectivity index (χ1) is 9.04. The third kappa shape index (κ3) is 2.64. The highest BCUT2D eigenvalue weighted by Gasteiger charge is 2.34. The van der Waals surface area contributed by atoms with E-state index in [9.17, 15) is 9.59 Å². The second-order valence-corrected chi connectivity index (χ2v) is 5.08. The Bertz CT molecular complexity index is 480. The Labute approximate surface area is 112 Å². The standard InChI is InChI=1S/C14H19NO4/c1-9-5-7-19-12(9)13(16)15-6-4-11(10(2)8-15)14(17)18-3/h5,7,10-11H,4,6,8H2,1-3H3. The van der Waals surface area contributed by atoms with E-state index in [0.717, 1.165) is 5.56 Å². The van der Waals surface area contributed by atoms with Crippen molar-refractivity contribution in [3.63, 3.8) is 0 Å². The van der Waals surface area contributed by atoms with Crippen molar-refractivity contribution in [3.8, 4) is 0 Å². The molecule has 0 saturated carbocycles. The van der Waals surface area contributed by atoms with Crippen LogP contribution in [0.15, 0.2) is 16.7 Å². The maximum atomic E-state index is 12.3. The molecule has 2 heterocycles. The van der Waals surface area contributed by atoms with Crippen LogP contribution in [0.2, 0.25) is 0 Å². The molecule has 1 aliphatic heterocycles. The molecular weight excluding hydrogens is 246 g/mol. The fourth-order valence-corrected chi connectivity index (χ4v) is 2.57. The van der Waals surface area contributed by atoms with Gasteiger partial charge in [-0.2, -0.15) is 0 Å². The van der Waals surface area contributed by atoms with Crippen LogP contribution in [0, 0.1) is 18.8 Å². The zero-order valence-electron chi connectivity index (χ0n) is 11.5. The van der Waals surface area contributed by atoms with Gasteiger partial charge in [0.2, 0.25) is 0 Å². The van der Waals surface area contributed by atoms with Gasteiger partial charge in [0.25, 0.3) is 5.91 Å². The molecule has 1 aromatic rings. The van der Waals surface area contributed by atoms with Crippen LogP contribution >= 0.6 is 0 Å². The number of rotatable bonds is 2. The van der Waals surface area contributed by atoms with E-state index in [-0.39, 0.29) is 23.7 Å². The molecule has 0 N–H and O–H groups in total. The normalized spacial score (nSPS) is 23.2. The molecule has 0 bridgehead atoms. The lowest BCUT2D eigenvalue weighted by Crippen LogP contribution is -2.45. The highest BCUT2D eigenvalue weighted by molar-refractivity contribution is 5.93. The molecule has 0 aromatic carbocycles. The van der Waals surface area contributed by atoms with Crippen molar-refractivity contribution in [2.24, 2.45) is 11.8 Å². The minimum atomic E-state index is -0.186. The summed E-state index contributed by atoms with van der Waals surface area (Å²) in [6, 6.07) is 1.78. The van der Waals surface area contributed by atoms with E-state index in [1.165, 1.54) is 13.4 Å². The van der Waals surface area contributed by atoms with Gasteiger partial charge in [-0.1, -0.05) is 6.92 Å². The van der Waals surface area contributed by atoms with Crippen LogP contribution in [0.1, 0.15) is 29.5 Å². The molecule has 1 amide bonds. The molecule has 5 nitrogen and oxygen atoms in total. The van der Waals surface area contributed by atoms with Gasteiger partial charge in [-0.25, -0.2) is 0 Å². The average Bonchev–Trinajstić information content (AvgIpc) is 2.83. The summed E-state index contributed by atoms with van der Waals surface area (Å²) in [4.78, 5) is 25.6. The summed E-state index contributed by atoms with van der Waals surface area (Å²) in [6.45, 7) is 4.93. The predicted octanol–water partition coefficient (Wildman–Crippen LogP) is 1.86. The van der Waals surface area contributed by atoms with Crippen LogP contribution in [0.25, 0.3) is 0 Å². The molecule has 1 saturated heterocycles. The fourth-order valence-electron chi connectivity index (χ4n) is 2.57. The number of aryl methyl sites for hydroxylation is 1. The van der Waals surface area contributed by atoms with Gasteiger partial charge in [0.15, 0.2) is 5.76 Å². The first-order valence-electron chi connectivity index (χ1n) is 6.45. The van der Waals surface area contributed by atoms with E-state index in [1.54, 1.807) is 11.0 Å². The van der Waals surface area contributed by atoms with Gasteiger partial charge in [0, 0.05) is 18.7 Å². The zero-order chi connectivity index (χ0) is 14.0. The second kappa shape index (κ2) is 5.47. The molecule has 2 unspecified atom stereocenters. The van der Waals surface area contributed by atoms with Crippen LogP contribution in [0.5, 0.6) is 0 Å². The minimum absolute atomic E-state index is 0.0976. The first-order valence-corrected chi connectivity index (χ1v) is 6.45. The van der Waals surface area contributed by atoms with Crippen molar-refractivity contribution in [2.75, 3.05) is 20.2 Å². The van der Waals surface area contributed by atoms with Crippen molar-refractivity contribution in [1.29, 1.82) is 0 Å². The van der Waals surface area contributed by atoms with Crippen molar-refractivity contribution in [2.45, 2.75) is 20.3 Å². The highest BCUT2D eigenvalue weighted by atomic mass is 16.5. The van der Waals surface area contributed by atoms with Crippen molar-refractivity contribution in [3.05, 3.63) is 23.7 Å². The molecule has 0 aliphatic carbocycles. The Balaban J connectivity index is 2.04. The fraction of sp³-hybridized carbons (Fsp3) is 0.571. The molecular formula is C14H19NO4. The van der Waals surface area contributed by atoms with Gasteiger partial charge >= 0.3 is 5.97 Å². The van der Waals surface area contributed by atoms with Crippen LogP contribution in [0.4, 0.5) is 0 Å². The summed E-state index contributed by atoms with van der Waals surface area (Å²) < 4.78 is 10.0. The number of amides is 1. The molecule has 19 heavy (non-hydrogen) atoms. The number of hydrogen-bond donors (Lipinski definition) is 0. The molecule has 5 heteroatoms. The minimum Gasteiger partial charge on any atom is -0.469 e. The maximum Gasteiger partial charge on any atom is 0.309 e. The van der Waals surface area contributed by atoms with Crippen molar-refractivity contribution >= 4 is 11.9 Å². The van der Waals surface area contributed by atoms with Crippen LogP contribution in [0.3, 0.4) is 0 Å². The lowest BCUT2D eigenvalue weighted by molar-refractivity contribution is -0.148. The quantitative estimate of drug-likeness (QED) is 0.766. The van der Waals surface area contributed by atoms with Crippen molar-refractivity contribution < 1.29 is 18.7 Å². The Morgan fingerprint density at radius 3 is 2.74 bits per heavy atom. The Morgan fingerprint density at radius 1 is 1.47 bits per heavy atom. The lowest BCUT2D eigenvalue weighted by atomic mass is 9.87. The largest absolute Gasteiger partial charge is 0.469 e. The number of methoxy groups -OCH3 is 1. The Morgan fingerprint density at radius 2 is 2.21 bits per heavy atom. The number of piperidine rings is 1. The highest BCUT2D eigenvalue weighted by Crippen LogP contribution is 2.26. The summed E-state index contributed by atoms with van der Waals surface area (Å²) in [7, 11) is 1.40. The van der Waals surface area contributed by atoms with Gasteiger partial charge < -0.3 is 14.1 Å². The number of nitrogens with zero attached hydrogens (tertiary/aromatic N) is 1. The maximum absolute atomic E-state index is 12.3. The molecule has 1 fully saturated rings. The number of likely N-dealkylation sites (tertiary alicyclic amines) is 1. The smallest absolute Gasteiger partial charge is 0.309 e. The summed E-state index contributed by atoms with van der Waals surface area (Å²) in [5, 5.41) is 0. The SMILES string of the molecule is COC(=O)C1CCN(C(=O)c2occc2C)CC1C. The molecule has 2 atom stereocenters. The summed E-state index contributed by atoms with van der Waals surface area (Å²) in [6.07, 6.45) is 2.16. The molecule has 1 aliphatic rings. The molecule has 104 valence electrons. The second-order valence-electron chi connectivity index (χ2n) is 5.08. The third-order valence-corrected chi connectivity index (χ3v) is 3.75. The van der Waals surface area contributed by atoms with Gasteiger partial charge in [-0.05, 0) is 25.3 Å². The summed E-state index contributed by atoms with van der Waals surface area (Å²) in [5.41, 5.74) is 0.841. The van der Waals surface area contributed by atoms with E-state index >= 15 is 0 Å². The Hall–Kier alpha value is -1.78. The van der Waals surface area contributed by atoms with E-state index in [1.807, 2.05) is 13.8 Å². The van der Waals surface area contributed by atoms with Gasteiger partial charge in [0.05, 0.1) is 19.3 Å². The molecule has 2 rings (SSSR count). The van der Waals surface area contributed by atoms with E-state index < -0.39 is 0 Å². The number of esters is 1. The molecule has 0 radical (unpaired) electrons. The van der Waals surface area contributed by atoms with E-state index in [0.29, 0.717) is 25.3 Å². The van der Waals surface area contributed by atoms with E-state index in [2.05, 4.69) is 0 Å². The van der Waals surface area contributed by atoms with Gasteiger partial charge in [0.1, 0.15) is 0 Å². The first kappa shape index (κ1) is 13.6. The number of carbonyl (C=O) groups excluding carboxylic acids is 2. The Kier molecular flexibility index (Phi) is 3.93. The monoisotopic (exact) mass is 265 g/mol. The van der Waals surface area contributed by atoms with E-state index in [4.69, 9.17) is 9.15 Å². The average molecular weight is 265 g/mol. The number of hydrogen-bond acceptors (Lipinski definition) is 4. The number of furan rings is 1.